The van der Waals surface area contributed by atoms with Gasteiger partial charge in [0.2, 0.25) is 0 Å². The molecule has 25 heavy (non-hydrogen) atoms. The number of aryl methyl sites for hydroxylation is 1. The van der Waals surface area contributed by atoms with Gasteiger partial charge in [0.15, 0.2) is 0 Å². The van der Waals surface area contributed by atoms with Gasteiger partial charge in [-0.1, -0.05) is 24.3 Å². The minimum absolute atomic E-state index is 0.219. The van der Waals surface area contributed by atoms with Crippen molar-refractivity contribution in [1.29, 1.82) is 0 Å². The molecule has 2 fully saturated rings. The summed E-state index contributed by atoms with van der Waals surface area (Å²) in [6.45, 7) is 1.90. The summed E-state index contributed by atoms with van der Waals surface area (Å²) in [6.07, 6.45) is 4.82. The number of benzene rings is 1. The van der Waals surface area contributed by atoms with Gasteiger partial charge in [-0.05, 0) is 42.7 Å². The van der Waals surface area contributed by atoms with Gasteiger partial charge >= 0.3 is 11.9 Å². The molecule has 2 bridgehead atoms. The van der Waals surface area contributed by atoms with Crippen molar-refractivity contribution in [2.45, 2.75) is 51.2 Å². The number of hydrogen-bond acceptors (Lipinski definition) is 5. The van der Waals surface area contributed by atoms with Gasteiger partial charge in [0.05, 0.1) is 32.3 Å². The molecule has 4 atom stereocenters. The molecule has 0 amide bonds. The monoisotopic (exact) mass is 346 g/mol. The number of ether oxygens (including phenoxy) is 3. The lowest BCUT2D eigenvalue weighted by molar-refractivity contribution is -0.143. The van der Waals surface area contributed by atoms with Gasteiger partial charge in [0.25, 0.3) is 0 Å². The van der Waals surface area contributed by atoms with Gasteiger partial charge < -0.3 is 14.2 Å². The second-order valence-corrected chi connectivity index (χ2v) is 6.98. The molecule has 5 heteroatoms. The van der Waals surface area contributed by atoms with Gasteiger partial charge in [-0.3, -0.25) is 9.59 Å². The van der Waals surface area contributed by atoms with Crippen LogP contribution in [0.15, 0.2) is 24.3 Å². The molecular formula is C20H26O5. The van der Waals surface area contributed by atoms with Crippen LogP contribution in [0.5, 0.6) is 0 Å². The minimum Gasteiger partial charge on any atom is -0.469 e. The highest BCUT2D eigenvalue weighted by atomic mass is 16.5. The molecule has 2 aliphatic rings. The molecule has 1 aromatic carbocycles. The zero-order valence-electron chi connectivity index (χ0n) is 14.9. The van der Waals surface area contributed by atoms with Crippen molar-refractivity contribution >= 4 is 11.9 Å². The smallest absolute Gasteiger partial charge is 0.309 e. The van der Waals surface area contributed by atoms with E-state index in [-0.39, 0.29) is 30.1 Å². The first-order valence-electron chi connectivity index (χ1n) is 9.01. The number of esters is 2. The van der Waals surface area contributed by atoms with E-state index in [2.05, 4.69) is 6.07 Å². The molecule has 0 aromatic heterocycles. The van der Waals surface area contributed by atoms with Gasteiger partial charge in [-0.25, -0.2) is 0 Å². The van der Waals surface area contributed by atoms with Crippen molar-refractivity contribution in [1.82, 2.24) is 0 Å². The average Bonchev–Trinajstić information content (AvgIpc) is 3.20. The molecule has 2 heterocycles. The minimum atomic E-state index is -0.232. The summed E-state index contributed by atoms with van der Waals surface area (Å²) >= 11 is 0. The molecule has 2 saturated heterocycles. The third-order valence-corrected chi connectivity index (χ3v) is 5.50. The molecule has 0 aliphatic carbocycles. The first-order chi connectivity index (χ1) is 12.1. The number of methoxy groups -OCH3 is 1. The van der Waals surface area contributed by atoms with E-state index < -0.39 is 0 Å². The normalized spacial score (nSPS) is 27.3. The summed E-state index contributed by atoms with van der Waals surface area (Å²) in [5.74, 6) is 0.244. The molecule has 0 N–H and O–H groups in total. The molecule has 136 valence electrons. The van der Waals surface area contributed by atoms with Crippen LogP contribution < -0.4 is 0 Å². The van der Waals surface area contributed by atoms with Crippen LogP contribution in [0.2, 0.25) is 0 Å². The fraction of sp³-hybridized carbons (Fsp3) is 0.600. The first kappa shape index (κ1) is 17.9. The fourth-order valence-corrected chi connectivity index (χ4v) is 4.24. The molecule has 0 saturated carbocycles. The summed E-state index contributed by atoms with van der Waals surface area (Å²) in [4.78, 5) is 22.8. The van der Waals surface area contributed by atoms with Crippen LogP contribution in [-0.2, 0) is 36.6 Å². The van der Waals surface area contributed by atoms with E-state index >= 15 is 0 Å². The topological polar surface area (TPSA) is 61.8 Å². The molecule has 3 rings (SSSR count). The van der Waals surface area contributed by atoms with Crippen molar-refractivity contribution in [3.63, 3.8) is 0 Å². The SMILES string of the molecule is COC(=O)Cc1ccccc1CC[C@@H]1[C@H](COC(C)=O)[C@H]2CC[C@@H]1O2. The number of carbonyl (C=O) groups excluding carboxylic acids is 2. The lowest BCUT2D eigenvalue weighted by Gasteiger charge is -2.27. The maximum absolute atomic E-state index is 11.6. The summed E-state index contributed by atoms with van der Waals surface area (Å²) < 4.78 is 16.1. The second kappa shape index (κ2) is 8.00. The van der Waals surface area contributed by atoms with Crippen LogP contribution in [0.3, 0.4) is 0 Å². The van der Waals surface area contributed by atoms with Crippen LogP contribution in [0.4, 0.5) is 0 Å². The lowest BCUT2D eigenvalue weighted by Crippen LogP contribution is -2.31. The Kier molecular flexibility index (Phi) is 5.74. The molecular weight excluding hydrogens is 320 g/mol. The predicted molar refractivity (Wildman–Crippen MR) is 92.0 cm³/mol. The maximum atomic E-state index is 11.6. The third kappa shape index (κ3) is 4.21. The number of fused-ring (bicyclic) bond motifs is 2. The quantitative estimate of drug-likeness (QED) is 0.711. The third-order valence-electron chi connectivity index (χ3n) is 5.50. The summed E-state index contributed by atoms with van der Waals surface area (Å²) in [5, 5.41) is 0. The zero-order valence-corrected chi connectivity index (χ0v) is 14.9. The Morgan fingerprint density at radius 2 is 1.80 bits per heavy atom. The maximum Gasteiger partial charge on any atom is 0.309 e. The van der Waals surface area contributed by atoms with E-state index in [0.717, 1.165) is 31.2 Å². The van der Waals surface area contributed by atoms with Crippen LogP contribution in [-0.4, -0.2) is 37.9 Å². The van der Waals surface area contributed by atoms with E-state index in [1.54, 1.807) is 0 Å². The zero-order chi connectivity index (χ0) is 17.8. The Morgan fingerprint density at radius 3 is 2.48 bits per heavy atom. The molecule has 1 aromatic rings. The average molecular weight is 346 g/mol. The lowest BCUT2D eigenvalue weighted by atomic mass is 9.76. The molecule has 0 unspecified atom stereocenters. The molecule has 0 spiro atoms. The van der Waals surface area contributed by atoms with Crippen LogP contribution in [0, 0.1) is 11.8 Å². The van der Waals surface area contributed by atoms with Crippen molar-refractivity contribution in [2.75, 3.05) is 13.7 Å². The Hall–Kier alpha value is -1.88. The van der Waals surface area contributed by atoms with Crippen LogP contribution >= 0.6 is 0 Å². The van der Waals surface area contributed by atoms with Crippen molar-refractivity contribution in [2.24, 2.45) is 11.8 Å². The Labute approximate surface area is 148 Å². The van der Waals surface area contributed by atoms with Gasteiger partial charge in [-0.15, -0.1) is 0 Å². The van der Waals surface area contributed by atoms with Crippen LogP contribution in [0.25, 0.3) is 0 Å². The highest BCUT2D eigenvalue weighted by molar-refractivity contribution is 5.72. The Morgan fingerprint density at radius 1 is 1.12 bits per heavy atom. The van der Waals surface area contributed by atoms with E-state index in [4.69, 9.17) is 14.2 Å². The highest BCUT2D eigenvalue weighted by Gasteiger charge is 2.48. The van der Waals surface area contributed by atoms with Gasteiger partial charge in [0, 0.05) is 12.8 Å². The van der Waals surface area contributed by atoms with Gasteiger partial charge in [0.1, 0.15) is 0 Å². The number of rotatable bonds is 7. The largest absolute Gasteiger partial charge is 0.469 e. The van der Waals surface area contributed by atoms with E-state index in [1.807, 2.05) is 18.2 Å². The van der Waals surface area contributed by atoms with E-state index in [9.17, 15) is 9.59 Å². The van der Waals surface area contributed by atoms with Gasteiger partial charge in [-0.2, -0.15) is 0 Å². The molecule has 5 nitrogen and oxygen atoms in total. The second-order valence-electron chi connectivity index (χ2n) is 6.98. The van der Waals surface area contributed by atoms with Crippen molar-refractivity contribution < 1.29 is 23.8 Å². The Bertz CT molecular complexity index is 626. The standard InChI is InChI=1S/C20H26O5/c1-13(21)24-12-17-16(18-9-10-19(17)25-18)8-7-14-5-3-4-6-15(14)11-20(22)23-2/h3-6,16-19H,7-12H2,1-2H3/t16-,17+,18+,19-/m1/s1. The fourth-order valence-electron chi connectivity index (χ4n) is 4.24. The Balaban J connectivity index is 1.64. The van der Waals surface area contributed by atoms with Crippen molar-refractivity contribution in [3.05, 3.63) is 35.4 Å². The molecule has 0 radical (unpaired) electrons. The van der Waals surface area contributed by atoms with Crippen molar-refractivity contribution in [3.8, 4) is 0 Å². The predicted octanol–water partition coefficient (Wildman–Crippen LogP) is 2.69. The molecule has 2 aliphatic heterocycles. The van der Waals surface area contributed by atoms with Crippen LogP contribution in [0.1, 0.15) is 37.3 Å². The summed E-state index contributed by atoms with van der Waals surface area (Å²) in [5.41, 5.74) is 2.21. The number of carbonyl (C=O) groups is 2. The first-order valence-corrected chi connectivity index (χ1v) is 9.01. The summed E-state index contributed by atoms with van der Waals surface area (Å²) in [6, 6.07) is 8.02. The summed E-state index contributed by atoms with van der Waals surface area (Å²) in [7, 11) is 1.41. The highest BCUT2D eigenvalue weighted by Crippen LogP contribution is 2.45. The van der Waals surface area contributed by atoms with E-state index in [1.165, 1.54) is 19.6 Å². The number of hydrogen-bond donors (Lipinski definition) is 0. The van der Waals surface area contributed by atoms with E-state index in [0.29, 0.717) is 18.9 Å².